The van der Waals surface area contributed by atoms with E-state index in [2.05, 4.69) is 60.9 Å². The number of unbranched alkanes of at least 4 members (excludes halogenated alkanes) is 14. The predicted molar refractivity (Wildman–Crippen MR) is 188 cm³/mol. The van der Waals surface area contributed by atoms with E-state index in [1.165, 1.54) is 51.4 Å². The van der Waals surface area contributed by atoms with Gasteiger partial charge in [-0.25, -0.2) is 4.57 Å². The first kappa shape index (κ1) is 44.0. The van der Waals surface area contributed by atoms with Crippen LogP contribution in [-0.2, 0) is 28.2 Å². The summed E-state index contributed by atoms with van der Waals surface area (Å²) in [6.07, 6.45) is 38.4. The Hall–Kier alpha value is -1.99. The molecule has 0 aliphatic heterocycles. The molecule has 0 saturated heterocycles. The molecular formula is C37H65O8P. The highest BCUT2D eigenvalue weighted by Gasteiger charge is 2.22. The van der Waals surface area contributed by atoms with Crippen molar-refractivity contribution < 1.29 is 37.9 Å². The molecule has 0 amide bonds. The van der Waals surface area contributed by atoms with Crippen molar-refractivity contribution in [1.82, 2.24) is 0 Å². The molecule has 0 saturated carbocycles. The van der Waals surface area contributed by atoms with Crippen LogP contribution in [0.25, 0.3) is 0 Å². The molecule has 266 valence electrons. The van der Waals surface area contributed by atoms with E-state index < -0.39 is 32.5 Å². The smallest absolute Gasteiger partial charge is 0.462 e. The number of rotatable bonds is 32. The van der Waals surface area contributed by atoms with E-state index in [1.54, 1.807) is 0 Å². The fourth-order valence-corrected chi connectivity index (χ4v) is 4.96. The molecule has 0 aromatic rings. The number of phosphoric ester groups is 1. The van der Waals surface area contributed by atoms with Gasteiger partial charge >= 0.3 is 19.8 Å². The van der Waals surface area contributed by atoms with Gasteiger partial charge in [0.2, 0.25) is 0 Å². The third-order valence-corrected chi connectivity index (χ3v) is 7.81. The summed E-state index contributed by atoms with van der Waals surface area (Å²) in [6.45, 7) is 3.56. The van der Waals surface area contributed by atoms with Crippen LogP contribution < -0.4 is 0 Å². The Balaban J connectivity index is 4.10. The minimum atomic E-state index is -4.76. The van der Waals surface area contributed by atoms with Crippen LogP contribution in [0.15, 0.2) is 48.6 Å². The minimum absolute atomic E-state index is 0.137. The molecule has 9 heteroatoms. The van der Waals surface area contributed by atoms with Crippen LogP contribution >= 0.6 is 7.82 Å². The van der Waals surface area contributed by atoms with Gasteiger partial charge in [-0.05, 0) is 64.2 Å². The average molecular weight is 669 g/mol. The third-order valence-electron chi connectivity index (χ3n) is 7.32. The van der Waals surface area contributed by atoms with Gasteiger partial charge in [0, 0.05) is 12.8 Å². The Morgan fingerprint density at radius 2 is 1.02 bits per heavy atom. The van der Waals surface area contributed by atoms with Gasteiger partial charge in [-0.15, -0.1) is 0 Å². The number of hydrogen-bond donors (Lipinski definition) is 2. The zero-order valence-electron chi connectivity index (χ0n) is 29.0. The lowest BCUT2D eigenvalue weighted by atomic mass is 10.1. The molecule has 0 aromatic carbocycles. The van der Waals surface area contributed by atoms with Gasteiger partial charge in [-0.2, -0.15) is 0 Å². The van der Waals surface area contributed by atoms with Crippen molar-refractivity contribution >= 4 is 19.8 Å². The molecule has 0 spiro atoms. The summed E-state index contributed by atoms with van der Waals surface area (Å²) in [5.74, 6) is -0.962. The molecule has 0 rings (SSSR count). The number of phosphoric acid groups is 1. The Morgan fingerprint density at radius 3 is 1.61 bits per heavy atom. The summed E-state index contributed by atoms with van der Waals surface area (Å²) in [5.41, 5.74) is 0. The highest BCUT2D eigenvalue weighted by Crippen LogP contribution is 2.35. The lowest BCUT2D eigenvalue weighted by Gasteiger charge is -2.18. The molecule has 1 atom stereocenters. The Labute approximate surface area is 280 Å². The first-order chi connectivity index (χ1) is 22.3. The fourth-order valence-electron chi connectivity index (χ4n) is 4.60. The van der Waals surface area contributed by atoms with Crippen molar-refractivity contribution in [2.45, 2.75) is 161 Å². The molecule has 0 fully saturated rings. The van der Waals surface area contributed by atoms with Crippen LogP contribution in [0, 0.1) is 0 Å². The van der Waals surface area contributed by atoms with Crippen LogP contribution in [0.5, 0.6) is 0 Å². The van der Waals surface area contributed by atoms with Gasteiger partial charge in [-0.3, -0.25) is 14.1 Å². The largest absolute Gasteiger partial charge is 0.469 e. The van der Waals surface area contributed by atoms with Crippen LogP contribution in [0.4, 0.5) is 0 Å². The lowest BCUT2D eigenvalue weighted by molar-refractivity contribution is -0.161. The Bertz CT molecular complexity index is 890. The molecule has 8 nitrogen and oxygen atoms in total. The van der Waals surface area contributed by atoms with Crippen molar-refractivity contribution in [1.29, 1.82) is 0 Å². The van der Waals surface area contributed by atoms with Crippen molar-refractivity contribution in [3.05, 3.63) is 48.6 Å². The van der Waals surface area contributed by atoms with Crippen molar-refractivity contribution in [3.63, 3.8) is 0 Å². The number of ether oxygens (including phenoxy) is 2. The van der Waals surface area contributed by atoms with E-state index in [0.29, 0.717) is 19.3 Å². The van der Waals surface area contributed by atoms with Crippen molar-refractivity contribution in [2.24, 2.45) is 0 Å². The fraction of sp³-hybridized carbons (Fsp3) is 0.730. The zero-order chi connectivity index (χ0) is 34.0. The summed E-state index contributed by atoms with van der Waals surface area (Å²) in [4.78, 5) is 42.5. The average Bonchev–Trinajstić information content (AvgIpc) is 3.02. The first-order valence-electron chi connectivity index (χ1n) is 17.9. The van der Waals surface area contributed by atoms with E-state index in [-0.39, 0.29) is 19.4 Å². The van der Waals surface area contributed by atoms with Crippen molar-refractivity contribution in [3.8, 4) is 0 Å². The molecule has 0 radical (unpaired) electrons. The summed E-state index contributed by atoms with van der Waals surface area (Å²) in [5, 5.41) is 0. The van der Waals surface area contributed by atoms with E-state index in [4.69, 9.17) is 19.3 Å². The number of esters is 2. The molecule has 0 bridgehead atoms. The summed E-state index contributed by atoms with van der Waals surface area (Å²) in [6, 6.07) is 0. The Kier molecular flexibility index (Phi) is 31.5. The van der Waals surface area contributed by atoms with Crippen LogP contribution in [-0.4, -0.2) is 41.0 Å². The minimum Gasteiger partial charge on any atom is -0.462 e. The quantitative estimate of drug-likeness (QED) is 0.0315. The predicted octanol–water partition coefficient (Wildman–Crippen LogP) is 10.4. The number of allylic oxidation sites excluding steroid dienone is 8. The molecule has 0 aliphatic rings. The Morgan fingerprint density at radius 1 is 0.565 bits per heavy atom. The van der Waals surface area contributed by atoms with Gasteiger partial charge < -0.3 is 19.3 Å². The molecule has 0 aliphatic carbocycles. The number of carbonyl (C=O) groups excluding carboxylic acids is 2. The second-order valence-corrected chi connectivity index (χ2v) is 13.1. The molecular weight excluding hydrogens is 603 g/mol. The molecule has 46 heavy (non-hydrogen) atoms. The molecule has 0 heterocycles. The van der Waals surface area contributed by atoms with E-state index in [0.717, 1.165) is 57.8 Å². The highest BCUT2D eigenvalue weighted by molar-refractivity contribution is 7.46. The zero-order valence-corrected chi connectivity index (χ0v) is 29.9. The van der Waals surface area contributed by atoms with Gasteiger partial charge in [-0.1, -0.05) is 127 Å². The SMILES string of the molecule is CCCC/C=C/CCCCCCCC(=O)OC[C@H](COP(=O)(O)O)OC(=O)CCC/C=C/C/C=C/C/C=C/CCCCCCCC. The maximum Gasteiger partial charge on any atom is 0.469 e. The monoisotopic (exact) mass is 668 g/mol. The normalized spacial score (nSPS) is 13.0. The topological polar surface area (TPSA) is 119 Å². The van der Waals surface area contributed by atoms with Crippen LogP contribution in [0.3, 0.4) is 0 Å². The van der Waals surface area contributed by atoms with Gasteiger partial charge in [0.05, 0.1) is 6.61 Å². The number of hydrogen-bond acceptors (Lipinski definition) is 6. The van der Waals surface area contributed by atoms with Gasteiger partial charge in [0.25, 0.3) is 0 Å². The summed E-state index contributed by atoms with van der Waals surface area (Å²) in [7, 11) is -4.76. The maximum atomic E-state index is 12.3. The maximum absolute atomic E-state index is 12.3. The standard InChI is InChI=1S/C37H65O8P/c1-3-5-7-9-11-13-15-16-17-18-19-20-22-24-26-28-30-32-37(39)45-35(34-44-46(40,41)42)33-43-36(38)31-29-27-25-23-21-14-12-10-8-6-4-2/h10,12,16-17,19-20,24,26,35H,3-9,11,13-15,18,21-23,25,27-34H2,1-2H3,(H2,40,41,42)/b12-10+,17-16+,20-19+,26-24+/t35-/m1/s1. The van der Waals surface area contributed by atoms with Crippen molar-refractivity contribution in [2.75, 3.05) is 13.2 Å². The second-order valence-electron chi connectivity index (χ2n) is 11.8. The van der Waals surface area contributed by atoms with E-state index >= 15 is 0 Å². The van der Waals surface area contributed by atoms with Gasteiger partial charge in [0.15, 0.2) is 6.10 Å². The van der Waals surface area contributed by atoms with E-state index in [9.17, 15) is 14.2 Å². The lowest BCUT2D eigenvalue weighted by Crippen LogP contribution is -2.29. The van der Waals surface area contributed by atoms with Crippen LogP contribution in [0.2, 0.25) is 0 Å². The summed E-state index contributed by atoms with van der Waals surface area (Å²) < 4.78 is 26.2. The van der Waals surface area contributed by atoms with Gasteiger partial charge in [0.1, 0.15) is 6.61 Å². The second kappa shape index (κ2) is 32.9. The summed E-state index contributed by atoms with van der Waals surface area (Å²) >= 11 is 0. The third kappa shape index (κ3) is 34.9. The molecule has 0 aromatic heterocycles. The number of carbonyl (C=O) groups is 2. The first-order valence-corrected chi connectivity index (χ1v) is 19.5. The van der Waals surface area contributed by atoms with E-state index in [1.807, 2.05) is 6.08 Å². The van der Waals surface area contributed by atoms with Crippen LogP contribution in [0.1, 0.15) is 155 Å². The highest BCUT2D eigenvalue weighted by atomic mass is 31.2. The molecule has 2 N–H and O–H groups in total. The molecule has 0 unspecified atom stereocenters.